The van der Waals surface area contributed by atoms with Crippen LogP contribution in [-0.2, 0) is 14.8 Å². The Balaban J connectivity index is 1.94. The molecule has 0 radical (unpaired) electrons. The third-order valence-corrected chi connectivity index (χ3v) is 6.73. The number of nitrogens with zero attached hydrogens (tertiary/aromatic N) is 1. The van der Waals surface area contributed by atoms with Gasteiger partial charge in [-0.05, 0) is 55.7 Å². The molecule has 0 atom stereocenters. The molecule has 0 bridgehead atoms. The number of aliphatic hydroxyl groups is 1. The van der Waals surface area contributed by atoms with Gasteiger partial charge in [0.25, 0.3) is 0 Å². The van der Waals surface area contributed by atoms with E-state index in [9.17, 15) is 13.2 Å². The molecular formula is C18H26N2O5S. The average molecular weight is 382 g/mol. The van der Waals surface area contributed by atoms with E-state index < -0.39 is 22.6 Å². The number of carbonyl (C=O) groups is 1. The summed E-state index contributed by atoms with van der Waals surface area (Å²) >= 11 is 0. The van der Waals surface area contributed by atoms with E-state index in [0.717, 1.165) is 25.9 Å². The highest BCUT2D eigenvalue weighted by atomic mass is 32.2. The van der Waals surface area contributed by atoms with E-state index in [1.807, 2.05) is 0 Å². The largest absolute Gasteiger partial charge is 0.465 e. The second kappa shape index (κ2) is 7.08. The minimum atomic E-state index is -3.63. The SMILES string of the molecule is COC(=O)c1c(C)cc(NS(=O)(=O)CCO)cc1N1CCC2(CC1)CC2. The van der Waals surface area contributed by atoms with Gasteiger partial charge in [0.15, 0.2) is 0 Å². The van der Waals surface area contributed by atoms with Crippen LogP contribution in [0.5, 0.6) is 0 Å². The van der Waals surface area contributed by atoms with Crippen molar-refractivity contribution in [2.45, 2.75) is 32.6 Å². The number of sulfonamides is 1. The fourth-order valence-corrected chi connectivity index (χ4v) is 4.51. The van der Waals surface area contributed by atoms with Gasteiger partial charge in [-0.3, -0.25) is 4.72 Å². The van der Waals surface area contributed by atoms with Crippen molar-refractivity contribution < 1.29 is 23.1 Å². The van der Waals surface area contributed by atoms with Gasteiger partial charge in [0.1, 0.15) is 0 Å². The lowest BCUT2D eigenvalue weighted by atomic mass is 9.92. The van der Waals surface area contributed by atoms with Crippen molar-refractivity contribution >= 4 is 27.4 Å². The molecule has 1 aromatic carbocycles. The predicted molar refractivity (Wildman–Crippen MR) is 100 cm³/mol. The number of carbonyl (C=O) groups excluding carboxylic acids is 1. The zero-order valence-corrected chi connectivity index (χ0v) is 16.1. The summed E-state index contributed by atoms with van der Waals surface area (Å²) in [4.78, 5) is 14.5. The maximum atomic E-state index is 12.3. The Bertz CT molecular complexity index is 792. The summed E-state index contributed by atoms with van der Waals surface area (Å²) in [6.07, 6.45) is 4.75. The third kappa shape index (κ3) is 3.96. The van der Waals surface area contributed by atoms with E-state index in [0.29, 0.717) is 27.9 Å². The quantitative estimate of drug-likeness (QED) is 0.730. The van der Waals surface area contributed by atoms with Gasteiger partial charge in [-0.2, -0.15) is 0 Å². The van der Waals surface area contributed by atoms with Gasteiger partial charge in [-0.1, -0.05) is 0 Å². The molecule has 0 aromatic heterocycles. The molecule has 1 aromatic rings. The van der Waals surface area contributed by atoms with Crippen molar-refractivity contribution in [2.75, 3.05) is 42.2 Å². The number of ether oxygens (including phenoxy) is 1. The van der Waals surface area contributed by atoms with E-state index >= 15 is 0 Å². The van der Waals surface area contributed by atoms with Crippen molar-refractivity contribution in [3.05, 3.63) is 23.3 Å². The van der Waals surface area contributed by atoms with Crippen molar-refractivity contribution in [2.24, 2.45) is 5.41 Å². The lowest BCUT2D eigenvalue weighted by Crippen LogP contribution is -2.35. The highest BCUT2D eigenvalue weighted by molar-refractivity contribution is 7.92. The summed E-state index contributed by atoms with van der Waals surface area (Å²) in [6.45, 7) is 3.01. The molecule has 2 N–H and O–H groups in total. The number of rotatable bonds is 6. The lowest BCUT2D eigenvalue weighted by Gasteiger charge is -2.35. The number of aliphatic hydroxyl groups excluding tert-OH is 1. The minimum absolute atomic E-state index is 0.369. The molecular weight excluding hydrogens is 356 g/mol. The highest BCUT2D eigenvalue weighted by Gasteiger charge is 2.44. The Morgan fingerprint density at radius 1 is 1.27 bits per heavy atom. The molecule has 0 amide bonds. The van der Waals surface area contributed by atoms with Crippen LogP contribution in [0, 0.1) is 12.3 Å². The molecule has 2 aliphatic rings. The zero-order valence-electron chi connectivity index (χ0n) is 15.2. The number of methoxy groups -OCH3 is 1. The number of hydrogen-bond donors (Lipinski definition) is 2. The summed E-state index contributed by atoms with van der Waals surface area (Å²) in [6, 6.07) is 3.32. The summed E-state index contributed by atoms with van der Waals surface area (Å²) in [5.74, 6) is -0.791. The van der Waals surface area contributed by atoms with Gasteiger partial charge in [0.2, 0.25) is 10.0 Å². The van der Waals surface area contributed by atoms with Gasteiger partial charge in [0.05, 0.1) is 36.4 Å². The van der Waals surface area contributed by atoms with E-state index in [4.69, 9.17) is 9.84 Å². The second-order valence-corrected chi connectivity index (χ2v) is 9.15. The molecule has 7 nitrogen and oxygen atoms in total. The molecule has 1 heterocycles. The van der Waals surface area contributed by atoms with E-state index in [2.05, 4.69) is 9.62 Å². The topological polar surface area (TPSA) is 95.9 Å². The first-order valence-electron chi connectivity index (χ1n) is 8.88. The number of piperidine rings is 1. The van der Waals surface area contributed by atoms with Crippen LogP contribution >= 0.6 is 0 Å². The summed E-state index contributed by atoms with van der Waals surface area (Å²) in [7, 11) is -2.28. The fourth-order valence-electron chi connectivity index (χ4n) is 3.69. The normalized spacial score (nSPS) is 18.7. The Morgan fingerprint density at radius 3 is 2.46 bits per heavy atom. The van der Waals surface area contributed by atoms with Crippen LogP contribution in [0.2, 0.25) is 0 Å². The van der Waals surface area contributed by atoms with Crippen molar-refractivity contribution in [1.29, 1.82) is 0 Å². The first-order chi connectivity index (χ1) is 12.3. The van der Waals surface area contributed by atoms with E-state index in [-0.39, 0.29) is 5.75 Å². The number of aryl methyl sites for hydroxylation is 1. The van der Waals surface area contributed by atoms with Gasteiger partial charge in [-0.15, -0.1) is 0 Å². The van der Waals surface area contributed by atoms with Gasteiger partial charge >= 0.3 is 5.97 Å². The number of benzene rings is 1. The molecule has 2 fully saturated rings. The van der Waals surface area contributed by atoms with Crippen LogP contribution in [-0.4, -0.2) is 52.1 Å². The number of anilines is 2. The van der Waals surface area contributed by atoms with Crippen LogP contribution in [0.1, 0.15) is 41.6 Å². The number of hydrogen-bond acceptors (Lipinski definition) is 6. The van der Waals surface area contributed by atoms with Crippen molar-refractivity contribution in [3.63, 3.8) is 0 Å². The standard InChI is InChI=1S/C18H26N2O5S/c1-13-11-14(19-26(23,24)10-9-21)12-15(16(13)17(22)25-2)20-7-5-18(3-4-18)6-8-20/h11-12,19,21H,3-10H2,1-2H3. The molecule has 1 aliphatic carbocycles. The van der Waals surface area contributed by atoms with Crippen LogP contribution in [0.15, 0.2) is 12.1 Å². The Hall–Kier alpha value is -1.80. The Kier molecular flexibility index (Phi) is 5.16. The van der Waals surface area contributed by atoms with Crippen LogP contribution < -0.4 is 9.62 Å². The molecule has 1 spiro atoms. The van der Waals surface area contributed by atoms with Gasteiger partial charge in [-0.25, -0.2) is 13.2 Å². The van der Waals surface area contributed by atoms with E-state index in [1.54, 1.807) is 19.1 Å². The molecule has 26 heavy (non-hydrogen) atoms. The average Bonchev–Trinajstić information content (AvgIpc) is 3.33. The van der Waals surface area contributed by atoms with E-state index in [1.165, 1.54) is 20.0 Å². The summed E-state index contributed by atoms with van der Waals surface area (Å²) in [5, 5.41) is 8.91. The highest BCUT2D eigenvalue weighted by Crippen LogP contribution is 2.54. The Labute approximate surface area is 154 Å². The number of esters is 1. The lowest BCUT2D eigenvalue weighted by molar-refractivity contribution is 0.0600. The maximum Gasteiger partial charge on any atom is 0.340 e. The maximum absolute atomic E-state index is 12.3. The molecule has 1 saturated heterocycles. The summed E-state index contributed by atoms with van der Waals surface area (Å²) < 4.78 is 31.4. The van der Waals surface area contributed by atoms with Crippen molar-refractivity contribution in [1.82, 2.24) is 0 Å². The molecule has 3 rings (SSSR count). The zero-order chi connectivity index (χ0) is 18.9. The van der Waals surface area contributed by atoms with Crippen LogP contribution in [0.3, 0.4) is 0 Å². The predicted octanol–water partition coefficient (Wildman–Crippen LogP) is 1.90. The molecule has 144 valence electrons. The number of nitrogens with one attached hydrogen (secondary N) is 1. The first-order valence-corrected chi connectivity index (χ1v) is 10.5. The van der Waals surface area contributed by atoms with Crippen LogP contribution in [0.25, 0.3) is 0 Å². The molecule has 8 heteroatoms. The van der Waals surface area contributed by atoms with Gasteiger partial charge < -0.3 is 14.7 Å². The van der Waals surface area contributed by atoms with Crippen molar-refractivity contribution in [3.8, 4) is 0 Å². The molecule has 0 unspecified atom stereocenters. The second-order valence-electron chi connectivity index (χ2n) is 7.31. The smallest absolute Gasteiger partial charge is 0.340 e. The fraction of sp³-hybridized carbons (Fsp3) is 0.611. The summed E-state index contributed by atoms with van der Waals surface area (Å²) in [5.41, 5.74) is 2.73. The molecule has 1 aliphatic heterocycles. The molecule has 1 saturated carbocycles. The first kappa shape index (κ1) is 19.0. The van der Waals surface area contributed by atoms with Crippen LogP contribution in [0.4, 0.5) is 11.4 Å². The third-order valence-electron chi connectivity index (χ3n) is 5.46. The minimum Gasteiger partial charge on any atom is -0.465 e. The monoisotopic (exact) mass is 382 g/mol. The van der Waals surface area contributed by atoms with Gasteiger partial charge in [0, 0.05) is 13.1 Å². The Morgan fingerprint density at radius 2 is 1.92 bits per heavy atom.